The van der Waals surface area contributed by atoms with E-state index in [1.165, 1.54) is 23.2 Å². The van der Waals surface area contributed by atoms with Crippen LogP contribution in [0.3, 0.4) is 0 Å². The molecule has 1 heterocycles. The maximum Gasteiger partial charge on any atom is 0.205 e. The first-order valence-electron chi connectivity index (χ1n) is 12.2. The van der Waals surface area contributed by atoms with Gasteiger partial charge in [-0.15, -0.1) is 0 Å². The number of hydrogen-bond acceptors (Lipinski definition) is 1. The molecular weight excluding hydrogens is 576 g/mol. The Hall–Kier alpha value is -1.83. The van der Waals surface area contributed by atoms with Crippen LogP contribution in [0.5, 0.6) is 0 Å². The Balaban J connectivity index is 0.00000306. The Bertz CT molecular complexity index is 1100. The predicted octanol–water partition coefficient (Wildman–Crippen LogP) is -1.10. The Morgan fingerprint density at radius 3 is 2.34 bits per heavy atom. The van der Waals surface area contributed by atoms with Gasteiger partial charge in [-0.3, -0.25) is 0 Å². The van der Waals surface area contributed by atoms with Gasteiger partial charge < -0.3 is 43.8 Å². The van der Waals surface area contributed by atoms with Crippen molar-refractivity contribution in [2.24, 2.45) is 0 Å². The lowest BCUT2D eigenvalue weighted by Gasteiger charge is -2.21. The quantitative estimate of drug-likeness (QED) is 0.271. The number of fused-ring (bicyclic) bond motifs is 1. The smallest absolute Gasteiger partial charge is 0.205 e. The van der Waals surface area contributed by atoms with E-state index in [0.717, 1.165) is 67.7 Å². The number of aryl methyl sites for hydroxylation is 1. The zero-order chi connectivity index (χ0) is 23.8. The molecule has 3 aromatic rings. The minimum Gasteiger partial charge on any atom is -1.00 e. The van der Waals surface area contributed by atoms with Crippen molar-refractivity contribution < 1.29 is 52.2 Å². The fourth-order valence-corrected chi connectivity index (χ4v) is 4.38. The SMILES string of the molecule is CCN(CC)c1ccc2c(/C=C(\F)c3cc[n+](CCC[NH+](CC)CC)cc3F)cccc2c1.[Br-].[Br-]. The monoisotopic (exact) mass is 611 g/mol. The number of halogens is 4. The molecule has 0 radical (unpaired) electrons. The van der Waals surface area contributed by atoms with Gasteiger partial charge in [-0.05, 0) is 62.2 Å². The average Bonchev–Trinajstić information content (AvgIpc) is 2.82. The van der Waals surface area contributed by atoms with Crippen molar-refractivity contribution in [3.8, 4) is 0 Å². The fourth-order valence-electron chi connectivity index (χ4n) is 4.38. The van der Waals surface area contributed by atoms with E-state index in [2.05, 4.69) is 44.7 Å². The third kappa shape index (κ3) is 8.09. The molecule has 0 atom stereocenters. The van der Waals surface area contributed by atoms with Crippen LogP contribution in [-0.4, -0.2) is 32.7 Å². The molecule has 2 aromatic carbocycles. The van der Waals surface area contributed by atoms with E-state index in [9.17, 15) is 4.39 Å². The van der Waals surface area contributed by atoms with Crippen molar-refractivity contribution in [2.75, 3.05) is 37.6 Å². The molecule has 1 N–H and O–H groups in total. The van der Waals surface area contributed by atoms with Crippen molar-refractivity contribution in [1.82, 2.24) is 0 Å². The van der Waals surface area contributed by atoms with E-state index in [4.69, 9.17) is 0 Å². The van der Waals surface area contributed by atoms with Crippen LogP contribution in [0.25, 0.3) is 22.7 Å². The third-order valence-electron chi connectivity index (χ3n) is 6.48. The molecule has 7 heteroatoms. The minimum absolute atomic E-state index is 0. The van der Waals surface area contributed by atoms with Crippen LogP contribution >= 0.6 is 0 Å². The number of nitrogens with one attached hydrogen (secondary N) is 1. The molecule has 3 rings (SSSR count). The highest BCUT2D eigenvalue weighted by Crippen LogP contribution is 2.28. The van der Waals surface area contributed by atoms with Gasteiger partial charge in [-0.2, -0.15) is 4.39 Å². The minimum atomic E-state index is -0.562. The Morgan fingerprint density at radius 2 is 1.71 bits per heavy atom. The molecule has 0 spiro atoms. The van der Waals surface area contributed by atoms with Crippen LogP contribution in [-0.2, 0) is 6.54 Å². The summed E-state index contributed by atoms with van der Waals surface area (Å²) in [6.07, 6.45) is 5.57. The first-order chi connectivity index (χ1) is 16.0. The molecule has 0 unspecified atom stereocenters. The van der Waals surface area contributed by atoms with Crippen LogP contribution < -0.4 is 48.3 Å². The Labute approximate surface area is 230 Å². The number of hydrogen-bond donors (Lipinski definition) is 1. The Kier molecular flexibility index (Phi) is 13.7. The number of pyridine rings is 1. The van der Waals surface area contributed by atoms with Gasteiger partial charge in [0.05, 0.1) is 31.6 Å². The molecule has 1 aromatic heterocycles. The second kappa shape index (κ2) is 15.3. The van der Waals surface area contributed by atoms with Crippen LogP contribution in [0, 0.1) is 5.82 Å². The van der Waals surface area contributed by atoms with Gasteiger partial charge >= 0.3 is 0 Å². The normalized spacial score (nSPS) is 11.3. The van der Waals surface area contributed by atoms with Crippen molar-refractivity contribution in [2.45, 2.75) is 40.7 Å². The van der Waals surface area contributed by atoms with Crippen LogP contribution in [0.1, 0.15) is 45.2 Å². The second-order valence-corrected chi connectivity index (χ2v) is 8.42. The summed E-state index contributed by atoms with van der Waals surface area (Å²) in [6.45, 7) is 14.4. The van der Waals surface area contributed by atoms with Gasteiger partial charge in [0.1, 0.15) is 5.83 Å². The number of nitrogens with zero attached hydrogens (tertiary/aromatic N) is 2. The first-order valence-corrected chi connectivity index (χ1v) is 12.2. The topological polar surface area (TPSA) is 11.6 Å². The highest BCUT2D eigenvalue weighted by atomic mass is 79.9. The summed E-state index contributed by atoms with van der Waals surface area (Å²) in [4.78, 5) is 3.81. The van der Waals surface area contributed by atoms with Crippen LogP contribution in [0.2, 0.25) is 0 Å². The van der Waals surface area contributed by atoms with Crippen LogP contribution in [0.4, 0.5) is 14.5 Å². The van der Waals surface area contributed by atoms with Crippen molar-refractivity contribution in [3.05, 3.63) is 71.8 Å². The van der Waals surface area contributed by atoms with Crippen molar-refractivity contribution in [1.29, 1.82) is 0 Å². The lowest BCUT2D eigenvalue weighted by Crippen LogP contribution is -3.11. The van der Waals surface area contributed by atoms with E-state index in [1.54, 1.807) is 6.20 Å². The van der Waals surface area contributed by atoms with Gasteiger partial charge in [0.15, 0.2) is 18.6 Å². The van der Waals surface area contributed by atoms with Gasteiger partial charge in [-0.1, -0.05) is 24.3 Å². The molecule has 0 aliphatic heterocycles. The second-order valence-electron chi connectivity index (χ2n) is 8.42. The molecule has 0 bridgehead atoms. The zero-order valence-corrected chi connectivity index (χ0v) is 24.3. The summed E-state index contributed by atoms with van der Waals surface area (Å²) in [5, 5.41) is 2.00. The molecule has 0 amide bonds. The highest BCUT2D eigenvalue weighted by molar-refractivity contribution is 5.95. The lowest BCUT2D eigenvalue weighted by molar-refractivity contribution is -0.899. The molecule has 35 heavy (non-hydrogen) atoms. The van der Waals surface area contributed by atoms with E-state index >= 15 is 4.39 Å². The van der Waals surface area contributed by atoms with Gasteiger partial charge in [0.2, 0.25) is 6.20 Å². The van der Waals surface area contributed by atoms with E-state index in [0.29, 0.717) is 0 Å². The summed E-state index contributed by atoms with van der Waals surface area (Å²) in [5.74, 6) is -1.10. The number of rotatable bonds is 11. The largest absolute Gasteiger partial charge is 1.00 e. The summed E-state index contributed by atoms with van der Waals surface area (Å²) >= 11 is 0. The summed E-state index contributed by atoms with van der Waals surface area (Å²) in [7, 11) is 0. The fraction of sp³-hybridized carbons (Fsp3) is 0.393. The molecule has 0 aliphatic rings. The number of aromatic nitrogens is 1. The van der Waals surface area contributed by atoms with Crippen LogP contribution in [0.15, 0.2) is 54.9 Å². The van der Waals surface area contributed by atoms with E-state index < -0.39 is 11.6 Å². The number of anilines is 1. The van der Waals surface area contributed by atoms with Gasteiger partial charge in [0, 0.05) is 24.8 Å². The molecule has 192 valence electrons. The molecule has 0 saturated carbocycles. The zero-order valence-electron chi connectivity index (χ0n) is 21.1. The maximum atomic E-state index is 15.1. The number of quaternary nitrogens is 1. The number of benzene rings is 2. The summed E-state index contributed by atoms with van der Waals surface area (Å²) in [5.41, 5.74) is 1.89. The summed E-state index contributed by atoms with van der Waals surface area (Å²) < 4.78 is 31.7. The standard InChI is InChI=1S/C28H36F2N3.2BrH/c1-5-31(6-2)16-10-17-32-18-15-26(28(30)21-32)27(29)20-23-12-9-11-22-19-24(13-14-25(22)23)33(7-3)8-4;;/h9,11-15,18-21H,5-8,10,16-17H2,1-4H3;2*1H/q+1;;/p-1/b27-20-;;. The first kappa shape index (κ1) is 31.2. The average molecular weight is 613 g/mol. The lowest BCUT2D eigenvalue weighted by atomic mass is 10.0. The Morgan fingerprint density at radius 1 is 1.00 bits per heavy atom. The van der Waals surface area contributed by atoms with E-state index in [-0.39, 0.29) is 39.5 Å². The van der Waals surface area contributed by atoms with Crippen molar-refractivity contribution >= 4 is 28.4 Å². The third-order valence-corrected chi connectivity index (χ3v) is 6.48. The molecule has 3 nitrogen and oxygen atoms in total. The summed E-state index contributed by atoms with van der Waals surface area (Å²) in [6, 6.07) is 13.6. The molecule has 0 fully saturated rings. The van der Waals surface area contributed by atoms with E-state index in [1.807, 2.05) is 28.8 Å². The van der Waals surface area contributed by atoms with Gasteiger partial charge in [0.25, 0.3) is 0 Å². The van der Waals surface area contributed by atoms with Gasteiger partial charge in [-0.25, -0.2) is 8.96 Å². The maximum absolute atomic E-state index is 15.1. The molecular formula is C28H37Br2F2N3. The van der Waals surface area contributed by atoms with Crippen molar-refractivity contribution in [3.63, 3.8) is 0 Å². The predicted molar refractivity (Wildman–Crippen MR) is 135 cm³/mol. The highest BCUT2D eigenvalue weighted by Gasteiger charge is 2.15. The molecule has 0 saturated heterocycles. The molecule has 0 aliphatic carbocycles.